The molecule has 0 radical (unpaired) electrons. The van der Waals surface area contributed by atoms with Crippen LogP contribution in [0.3, 0.4) is 0 Å². The van der Waals surface area contributed by atoms with Crippen LogP contribution in [0.5, 0.6) is 0 Å². The summed E-state index contributed by atoms with van der Waals surface area (Å²) in [5.74, 6) is 0.362. The predicted octanol–water partition coefficient (Wildman–Crippen LogP) is 1.92. The molecule has 0 bridgehead atoms. The second-order valence-corrected chi connectivity index (χ2v) is 5.91. The standard InChI is InChI=1S/C16H23N3O4/c1-17(14-7-3-4-8-15(14)19(21)22)11-16(20)18-9-5-6-13(10-18)12-23-2/h3-4,7-8,13H,5-6,9-12H2,1-2H3/t13-/m0/s1. The number of piperidine rings is 1. The summed E-state index contributed by atoms with van der Waals surface area (Å²) in [6.07, 6.45) is 2.03. The number of hydrogen-bond acceptors (Lipinski definition) is 5. The molecule has 1 saturated heterocycles. The number of hydrogen-bond donors (Lipinski definition) is 0. The highest BCUT2D eigenvalue weighted by molar-refractivity contribution is 5.82. The highest BCUT2D eigenvalue weighted by atomic mass is 16.6. The number of nitrogens with zero attached hydrogens (tertiary/aromatic N) is 3. The molecule has 1 aromatic rings. The maximum atomic E-state index is 12.5. The lowest BCUT2D eigenvalue weighted by Gasteiger charge is -2.33. The molecule has 0 N–H and O–H groups in total. The molecule has 7 nitrogen and oxygen atoms in total. The van der Waals surface area contributed by atoms with E-state index < -0.39 is 4.92 Å². The number of amides is 1. The van der Waals surface area contributed by atoms with Crippen LogP contribution in [0.15, 0.2) is 24.3 Å². The molecule has 1 aliphatic heterocycles. The van der Waals surface area contributed by atoms with Crippen molar-refractivity contribution >= 4 is 17.3 Å². The van der Waals surface area contributed by atoms with Gasteiger partial charge in [0.05, 0.1) is 18.1 Å². The Morgan fingerprint density at radius 2 is 2.22 bits per heavy atom. The highest BCUT2D eigenvalue weighted by Gasteiger charge is 2.25. The summed E-state index contributed by atoms with van der Waals surface area (Å²) in [5, 5.41) is 11.1. The molecule has 1 aliphatic rings. The molecule has 1 fully saturated rings. The van der Waals surface area contributed by atoms with E-state index in [4.69, 9.17) is 4.74 Å². The largest absolute Gasteiger partial charge is 0.384 e. The molecule has 1 heterocycles. The van der Waals surface area contributed by atoms with Gasteiger partial charge in [0.1, 0.15) is 5.69 Å². The van der Waals surface area contributed by atoms with Crippen LogP contribution in [0.1, 0.15) is 12.8 Å². The fourth-order valence-corrected chi connectivity index (χ4v) is 2.99. The molecule has 1 atom stereocenters. The number of para-hydroxylation sites is 2. The van der Waals surface area contributed by atoms with E-state index in [2.05, 4.69) is 0 Å². The summed E-state index contributed by atoms with van der Waals surface area (Å²) in [5.41, 5.74) is 0.468. The Kier molecular flexibility index (Phi) is 5.92. The van der Waals surface area contributed by atoms with Gasteiger partial charge in [0.25, 0.3) is 5.69 Å². The van der Waals surface area contributed by atoms with Crippen molar-refractivity contribution in [3.05, 3.63) is 34.4 Å². The Balaban J connectivity index is 2.01. The number of nitro groups is 1. The van der Waals surface area contributed by atoms with Crippen LogP contribution < -0.4 is 4.90 Å². The average Bonchev–Trinajstić information content (AvgIpc) is 2.55. The third-order valence-corrected chi connectivity index (χ3v) is 4.14. The minimum atomic E-state index is -0.425. The van der Waals surface area contributed by atoms with Gasteiger partial charge in [0.2, 0.25) is 5.91 Å². The summed E-state index contributed by atoms with van der Waals surface area (Å²) in [7, 11) is 3.37. The summed E-state index contributed by atoms with van der Waals surface area (Å²) >= 11 is 0. The van der Waals surface area contributed by atoms with Crippen molar-refractivity contribution in [3.63, 3.8) is 0 Å². The minimum absolute atomic E-state index is 0.00791. The predicted molar refractivity (Wildman–Crippen MR) is 87.5 cm³/mol. The van der Waals surface area contributed by atoms with Crippen LogP contribution in [0.25, 0.3) is 0 Å². The normalized spacial score (nSPS) is 17.8. The first-order valence-corrected chi connectivity index (χ1v) is 7.74. The third kappa shape index (κ3) is 4.41. The number of benzene rings is 1. The molecule has 0 unspecified atom stereocenters. The van der Waals surface area contributed by atoms with E-state index in [9.17, 15) is 14.9 Å². The van der Waals surface area contributed by atoms with Crippen molar-refractivity contribution in [1.82, 2.24) is 4.90 Å². The van der Waals surface area contributed by atoms with Gasteiger partial charge in [-0.1, -0.05) is 12.1 Å². The lowest BCUT2D eigenvalue weighted by Crippen LogP contribution is -2.45. The Morgan fingerprint density at radius 3 is 2.91 bits per heavy atom. The van der Waals surface area contributed by atoms with Crippen LogP contribution in [0.4, 0.5) is 11.4 Å². The summed E-state index contributed by atoms with van der Waals surface area (Å²) in [6.45, 7) is 2.22. The molecule has 0 aromatic heterocycles. The van der Waals surface area contributed by atoms with Crippen LogP contribution in [-0.4, -0.2) is 56.1 Å². The maximum Gasteiger partial charge on any atom is 0.292 e. The monoisotopic (exact) mass is 321 g/mol. The first kappa shape index (κ1) is 17.2. The number of rotatable bonds is 6. The first-order chi connectivity index (χ1) is 11.0. The van der Waals surface area contributed by atoms with Crippen molar-refractivity contribution in [2.75, 3.05) is 45.3 Å². The lowest BCUT2D eigenvalue weighted by atomic mass is 9.99. The summed E-state index contributed by atoms with van der Waals surface area (Å²) in [4.78, 5) is 26.6. The zero-order valence-electron chi connectivity index (χ0n) is 13.6. The summed E-state index contributed by atoms with van der Waals surface area (Å²) in [6, 6.07) is 6.47. The van der Waals surface area contributed by atoms with Crippen LogP contribution >= 0.6 is 0 Å². The molecule has 1 amide bonds. The minimum Gasteiger partial charge on any atom is -0.384 e. The van der Waals surface area contributed by atoms with Crippen molar-refractivity contribution in [2.45, 2.75) is 12.8 Å². The number of ether oxygens (including phenoxy) is 1. The molecule has 0 aliphatic carbocycles. The SMILES string of the molecule is COC[C@H]1CCCN(C(=O)CN(C)c2ccccc2[N+](=O)[O-])C1. The second kappa shape index (κ2) is 7.92. The van der Waals surface area contributed by atoms with E-state index in [1.54, 1.807) is 37.3 Å². The van der Waals surface area contributed by atoms with Gasteiger partial charge in [-0.25, -0.2) is 0 Å². The quantitative estimate of drug-likeness (QED) is 0.591. The number of likely N-dealkylation sites (tertiary alicyclic amines) is 1. The van der Waals surface area contributed by atoms with E-state index in [1.807, 2.05) is 4.90 Å². The number of methoxy groups -OCH3 is 1. The number of nitro benzene ring substituents is 1. The Bertz CT molecular complexity index is 562. The molecule has 0 spiro atoms. The first-order valence-electron chi connectivity index (χ1n) is 7.74. The van der Waals surface area contributed by atoms with Gasteiger partial charge in [-0.15, -0.1) is 0 Å². The number of anilines is 1. The van der Waals surface area contributed by atoms with Crippen molar-refractivity contribution < 1.29 is 14.5 Å². The van der Waals surface area contributed by atoms with E-state index in [1.165, 1.54) is 6.07 Å². The van der Waals surface area contributed by atoms with E-state index >= 15 is 0 Å². The van der Waals surface area contributed by atoms with E-state index in [0.29, 0.717) is 24.8 Å². The molecule has 126 valence electrons. The van der Waals surface area contributed by atoms with Crippen molar-refractivity contribution in [2.24, 2.45) is 5.92 Å². The van der Waals surface area contributed by atoms with E-state index in [-0.39, 0.29) is 18.1 Å². The fourth-order valence-electron chi connectivity index (χ4n) is 2.99. The van der Waals surface area contributed by atoms with Gasteiger partial charge in [0.15, 0.2) is 0 Å². The van der Waals surface area contributed by atoms with Gasteiger partial charge in [-0.3, -0.25) is 14.9 Å². The molecule has 23 heavy (non-hydrogen) atoms. The van der Waals surface area contributed by atoms with Gasteiger partial charge >= 0.3 is 0 Å². The van der Waals surface area contributed by atoms with Crippen molar-refractivity contribution in [3.8, 4) is 0 Å². The Hall–Kier alpha value is -2.15. The smallest absolute Gasteiger partial charge is 0.292 e. The molecular weight excluding hydrogens is 298 g/mol. The van der Waals surface area contributed by atoms with Crippen LogP contribution in [0, 0.1) is 16.0 Å². The highest BCUT2D eigenvalue weighted by Crippen LogP contribution is 2.26. The Morgan fingerprint density at radius 1 is 1.48 bits per heavy atom. The van der Waals surface area contributed by atoms with Crippen molar-refractivity contribution in [1.29, 1.82) is 0 Å². The molecule has 7 heteroatoms. The van der Waals surface area contributed by atoms with E-state index in [0.717, 1.165) is 19.4 Å². The van der Waals surface area contributed by atoms with Crippen LogP contribution in [0.2, 0.25) is 0 Å². The summed E-state index contributed by atoms with van der Waals surface area (Å²) < 4.78 is 5.18. The lowest BCUT2D eigenvalue weighted by molar-refractivity contribution is -0.384. The molecule has 0 saturated carbocycles. The molecule has 2 rings (SSSR count). The van der Waals surface area contributed by atoms with Gasteiger partial charge < -0.3 is 14.5 Å². The zero-order chi connectivity index (χ0) is 16.8. The number of likely N-dealkylation sites (N-methyl/N-ethyl adjacent to an activating group) is 1. The molecule has 1 aromatic carbocycles. The maximum absolute atomic E-state index is 12.5. The molecular formula is C16H23N3O4. The fraction of sp³-hybridized carbons (Fsp3) is 0.562. The third-order valence-electron chi connectivity index (χ3n) is 4.14. The van der Waals surface area contributed by atoms with Gasteiger partial charge in [0, 0.05) is 33.3 Å². The number of carbonyl (C=O) groups excluding carboxylic acids is 1. The van der Waals surface area contributed by atoms with Crippen LogP contribution in [-0.2, 0) is 9.53 Å². The number of carbonyl (C=O) groups is 1. The average molecular weight is 321 g/mol. The Labute approximate surface area is 136 Å². The van der Waals surface area contributed by atoms with Gasteiger partial charge in [-0.05, 0) is 24.8 Å². The van der Waals surface area contributed by atoms with Gasteiger partial charge in [-0.2, -0.15) is 0 Å². The topological polar surface area (TPSA) is 75.9 Å². The second-order valence-electron chi connectivity index (χ2n) is 5.91. The zero-order valence-corrected chi connectivity index (χ0v) is 13.6.